The van der Waals surface area contributed by atoms with Crippen molar-refractivity contribution in [3.05, 3.63) is 42.5 Å². The number of amides is 1. The molecule has 0 spiro atoms. The molecular weight excluding hydrogens is 527 g/mol. The second-order valence-corrected chi connectivity index (χ2v) is 9.48. The maximum Gasteiger partial charge on any atom is 0.471 e. The van der Waals surface area contributed by atoms with E-state index >= 15 is 0 Å². The van der Waals surface area contributed by atoms with Gasteiger partial charge in [-0.2, -0.15) is 21.6 Å². The number of alkyl halides is 3. The highest BCUT2D eigenvalue weighted by molar-refractivity contribution is 7.86. The minimum absolute atomic E-state index is 0.204. The molecule has 0 unspecified atom stereocenters. The number of esters is 2. The van der Waals surface area contributed by atoms with Crippen molar-refractivity contribution in [2.24, 2.45) is 0 Å². The molecule has 15 heteroatoms. The van der Waals surface area contributed by atoms with E-state index in [2.05, 4.69) is 6.58 Å². The first kappa shape index (κ1) is 30.2. The molecule has 0 aromatic heterocycles. The van der Waals surface area contributed by atoms with Gasteiger partial charge in [0.25, 0.3) is 10.1 Å². The maximum absolute atomic E-state index is 13.0. The summed E-state index contributed by atoms with van der Waals surface area (Å²) < 4.78 is 90.5. The molecule has 1 heterocycles. The normalized spacial score (nSPS) is 24.1. The van der Waals surface area contributed by atoms with Crippen molar-refractivity contribution in [2.75, 3.05) is 13.2 Å². The number of benzene rings is 1. The fraction of sp³-hybridized carbons (Fsp3) is 0.500. The Kier molecular flexibility index (Phi) is 10.2. The number of carbonyl (C=O) groups excluding carboxylic acids is 3. The van der Waals surface area contributed by atoms with Crippen LogP contribution >= 0.6 is 0 Å². The average Bonchev–Trinajstić information content (AvgIpc) is 2.78. The predicted octanol–water partition coefficient (Wildman–Crippen LogP) is 1.54. The van der Waals surface area contributed by atoms with E-state index in [0.29, 0.717) is 0 Å². The molecule has 1 aromatic rings. The highest BCUT2D eigenvalue weighted by Crippen LogP contribution is 2.29. The fourth-order valence-corrected chi connectivity index (χ4v) is 4.24. The van der Waals surface area contributed by atoms with E-state index in [1.807, 2.05) is 0 Å². The second-order valence-electron chi connectivity index (χ2n) is 7.86. The Balaban J connectivity index is 2.44. The molecule has 1 aliphatic heterocycles. The highest BCUT2D eigenvalue weighted by Gasteiger charge is 2.53. The van der Waals surface area contributed by atoms with Crippen molar-refractivity contribution in [1.29, 1.82) is 0 Å². The smallest absolute Gasteiger partial charge is 0.456 e. The van der Waals surface area contributed by atoms with Crippen LogP contribution in [0.5, 0.6) is 0 Å². The van der Waals surface area contributed by atoms with Crippen LogP contribution in [0.4, 0.5) is 13.2 Å². The SMILES string of the molecule is C=CCO[C@@H]1O[C@H](COS(=O)(=O)c2ccc(C)cc2)[C@@H](OC(C)=O)[C@H](OC(C)=O)[C@H]1NC(=O)C(F)(F)F. The van der Waals surface area contributed by atoms with Crippen LogP contribution in [0.3, 0.4) is 0 Å². The Morgan fingerprint density at radius 2 is 1.65 bits per heavy atom. The van der Waals surface area contributed by atoms with Gasteiger partial charge in [0, 0.05) is 13.8 Å². The summed E-state index contributed by atoms with van der Waals surface area (Å²) in [7, 11) is -4.36. The lowest BCUT2D eigenvalue weighted by atomic mass is 9.96. The van der Waals surface area contributed by atoms with Crippen LogP contribution in [0, 0.1) is 6.92 Å². The van der Waals surface area contributed by atoms with E-state index < -0.39 is 71.4 Å². The van der Waals surface area contributed by atoms with Gasteiger partial charge in [-0.15, -0.1) is 6.58 Å². The van der Waals surface area contributed by atoms with Crippen LogP contribution in [-0.4, -0.2) is 76.3 Å². The molecule has 11 nitrogen and oxygen atoms in total. The minimum atomic E-state index is -5.33. The van der Waals surface area contributed by atoms with Gasteiger partial charge in [-0.1, -0.05) is 23.8 Å². The van der Waals surface area contributed by atoms with Crippen molar-refractivity contribution in [1.82, 2.24) is 5.32 Å². The molecule has 1 N–H and O–H groups in total. The Labute approximate surface area is 211 Å². The Morgan fingerprint density at radius 1 is 1.08 bits per heavy atom. The number of hydrogen-bond donors (Lipinski definition) is 1. The topological polar surface area (TPSA) is 144 Å². The van der Waals surface area contributed by atoms with Crippen LogP contribution in [0.15, 0.2) is 41.8 Å². The van der Waals surface area contributed by atoms with Gasteiger partial charge in [-0.3, -0.25) is 18.6 Å². The molecule has 0 bridgehead atoms. The molecule has 37 heavy (non-hydrogen) atoms. The zero-order chi connectivity index (χ0) is 28.0. The van der Waals surface area contributed by atoms with Crippen molar-refractivity contribution >= 4 is 28.0 Å². The monoisotopic (exact) mass is 553 g/mol. The molecule has 1 aromatic carbocycles. The molecule has 0 aliphatic carbocycles. The van der Waals surface area contributed by atoms with Gasteiger partial charge in [0.05, 0.1) is 18.1 Å². The lowest BCUT2D eigenvalue weighted by molar-refractivity contribution is -0.274. The van der Waals surface area contributed by atoms with E-state index in [9.17, 15) is 36.0 Å². The van der Waals surface area contributed by atoms with E-state index in [4.69, 9.17) is 23.1 Å². The summed E-state index contributed by atoms with van der Waals surface area (Å²) in [5.74, 6) is -4.39. The molecule has 0 radical (unpaired) electrons. The number of rotatable bonds is 10. The van der Waals surface area contributed by atoms with Crippen LogP contribution in [0.1, 0.15) is 19.4 Å². The average molecular weight is 554 g/mol. The number of aryl methyl sites for hydroxylation is 1. The Morgan fingerprint density at radius 3 is 2.16 bits per heavy atom. The van der Waals surface area contributed by atoms with E-state index in [1.54, 1.807) is 12.2 Å². The lowest BCUT2D eigenvalue weighted by Crippen LogP contribution is -2.67. The van der Waals surface area contributed by atoms with Crippen molar-refractivity contribution in [2.45, 2.75) is 62.5 Å². The summed E-state index contributed by atoms with van der Waals surface area (Å²) in [6.45, 7) is 5.92. The van der Waals surface area contributed by atoms with Crippen LogP contribution in [-0.2, 0) is 47.6 Å². The van der Waals surface area contributed by atoms with E-state index in [0.717, 1.165) is 19.4 Å². The summed E-state index contributed by atoms with van der Waals surface area (Å²) in [5.41, 5.74) is 0.780. The second kappa shape index (κ2) is 12.5. The molecule has 206 valence electrons. The van der Waals surface area contributed by atoms with Gasteiger partial charge in [0.1, 0.15) is 12.1 Å². The van der Waals surface area contributed by atoms with Gasteiger partial charge in [0.15, 0.2) is 18.5 Å². The van der Waals surface area contributed by atoms with Crippen LogP contribution in [0.25, 0.3) is 0 Å². The molecule has 0 saturated carbocycles. The molecule has 1 amide bonds. The molecule has 2 rings (SSSR count). The summed E-state index contributed by atoms with van der Waals surface area (Å²) >= 11 is 0. The number of hydrogen-bond acceptors (Lipinski definition) is 10. The molecule has 5 atom stereocenters. The number of halogens is 3. The van der Waals surface area contributed by atoms with E-state index in [1.165, 1.54) is 30.3 Å². The summed E-state index contributed by atoms with van der Waals surface area (Å²) in [4.78, 5) is 35.1. The zero-order valence-electron chi connectivity index (χ0n) is 20.0. The number of nitrogens with one attached hydrogen (secondary N) is 1. The van der Waals surface area contributed by atoms with Crippen molar-refractivity contribution < 1.29 is 59.1 Å². The Bertz CT molecular complexity index is 1090. The third-order valence-corrected chi connectivity index (χ3v) is 6.18. The summed E-state index contributed by atoms with van der Waals surface area (Å²) in [6, 6.07) is 3.80. The highest BCUT2D eigenvalue weighted by atomic mass is 32.2. The van der Waals surface area contributed by atoms with Crippen LogP contribution in [0.2, 0.25) is 0 Å². The van der Waals surface area contributed by atoms with Crippen LogP contribution < -0.4 is 5.32 Å². The quantitative estimate of drug-likeness (QED) is 0.257. The molecule has 1 saturated heterocycles. The number of ether oxygens (including phenoxy) is 4. The first-order chi connectivity index (χ1) is 17.2. The van der Waals surface area contributed by atoms with Crippen molar-refractivity contribution in [3.8, 4) is 0 Å². The first-order valence-electron chi connectivity index (χ1n) is 10.7. The summed E-state index contributed by atoms with van der Waals surface area (Å²) in [5, 5.41) is 1.62. The van der Waals surface area contributed by atoms with Gasteiger partial charge >= 0.3 is 24.0 Å². The van der Waals surface area contributed by atoms with Gasteiger partial charge in [-0.25, -0.2) is 0 Å². The molecular formula is C22H26F3NO10S. The molecule has 1 aliphatic rings. The summed E-state index contributed by atoms with van der Waals surface area (Å²) in [6.07, 6.45) is -10.8. The lowest BCUT2D eigenvalue weighted by Gasteiger charge is -2.45. The fourth-order valence-electron chi connectivity index (χ4n) is 3.32. The standard InChI is InChI=1S/C22H26F3NO10S/c1-5-10-32-20-17(26-21(29)22(23,24)25)19(35-14(4)28)18(34-13(3)27)16(36-20)11-33-37(30,31)15-8-6-12(2)7-9-15/h5-9,16-20H,1,10-11H2,2-4H3,(H,26,29)/t16-,17-,18-,19-,20-/m1/s1. The minimum Gasteiger partial charge on any atom is -0.456 e. The zero-order valence-corrected chi connectivity index (χ0v) is 20.8. The van der Waals surface area contributed by atoms with Gasteiger partial charge in [-0.05, 0) is 19.1 Å². The molecule has 1 fully saturated rings. The van der Waals surface area contributed by atoms with Gasteiger partial charge < -0.3 is 24.3 Å². The maximum atomic E-state index is 13.0. The van der Waals surface area contributed by atoms with E-state index in [-0.39, 0.29) is 11.5 Å². The third kappa shape index (κ3) is 8.52. The first-order valence-corrected chi connectivity index (χ1v) is 12.1. The largest absolute Gasteiger partial charge is 0.471 e. The predicted molar refractivity (Wildman–Crippen MR) is 118 cm³/mol. The van der Waals surface area contributed by atoms with Gasteiger partial charge in [0.2, 0.25) is 0 Å². The third-order valence-electron chi connectivity index (χ3n) is 4.88. The Hall–Kier alpha value is -3.01. The number of carbonyl (C=O) groups is 3. The van der Waals surface area contributed by atoms with Crippen molar-refractivity contribution in [3.63, 3.8) is 0 Å².